The third-order valence-electron chi connectivity index (χ3n) is 2.95. The van der Waals surface area contributed by atoms with E-state index >= 15 is 0 Å². The van der Waals surface area contributed by atoms with Crippen LogP contribution in [0.2, 0.25) is 0 Å². The average molecular weight is 278 g/mol. The van der Waals surface area contributed by atoms with E-state index in [1.165, 1.54) is 0 Å². The average Bonchev–Trinajstić information content (AvgIpc) is 2.29. The van der Waals surface area contributed by atoms with Crippen LogP contribution in [0, 0.1) is 13.8 Å². The fourth-order valence-corrected chi connectivity index (χ4v) is 2.03. The first kappa shape index (κ1) is 15.7. The molecule has 0 aliphatic rings. The number of benzene rings is 1. The molecule has 0 saturated carbocycles. The molecule has 1 atom stereocenters. The lowest BCUT2D eigenvalue weighted by atomic mass is 9.96. The number of nitrogens with one attached hydrogen (secondary N) is 1. The molecule has 2 amide bonds. The maximum Gasteiger partial charge on any atom is 0.336 e. The number of carboxylic acid groups (broad SMARTS) is 1. The van der Waals surface area contributed by atoms with Gasteiger partial charge in [-0.1, -0.05) is 12.1 Å². The molecule has 1 aromatic carbocycles. The van der Waals surface area contributed by atoms with Crippen LogP contribution in [0.4, 0.5) is 0 Å². The highest BCUT2D eigenvalue weighted by atomic mass is 16.4. The summed E-state index contributed by atoms with van der Waals surface area (Å²) in [4.78, 5) is 34.3. The van der Waals surface area contributed by atoms with Gasteiger partial charge in [0.1, 0.15) is 0 Å². The molecule has 0 aliphatic heterocycles. The molecular formula is C14H18N2O4. The van der Waals surface area contributed by atoms with Crippen LogP contribution in [-0.4, -0.2) is 28.9 Å². The highest BCUT2D eigenvalue weighted by molar-refractivity contribution is 6.06. The molecule has 20 heavy (non-hydrogen) atoms. The Hall–Kier alpha value is -2.37. The second-order valence-electron chi connectivity index (χ2n) is 4.80. The molecule has 1 unspecified atom stereocenters. The first-order chi connectivity index (χ1) is 9.23. The minimum atomic E-state index is -1.15. The van der Waals surface area contributed by atoms with E-state index in [0.717, 1.165) is 0 Å². The van der Waals surface area contributed by atoms with Crippen molar-refractivity contribution in [2.45, 2.75) is 33.2 Å². The van der Waals surface area contributed by atoms with Gasteiger partial charge in [0.25, 0.3) is 5.91 Å². The van der Waals surface area contributed by atoms with Crippen LogP contribution in [0.3, 0.4) is 0 Å². The molecular weight excluding hydrogens is 260 g/mol. The Morgan fingerprint density at radius 1 is 1.20 bits per heavy atom. The van der Waals surface area contributed by atoms with Gasteiger partial charge < -0.3 is 16.2 Å². The summed E-state index contributed by atoms with van der Waals surface area (Å²) in [5.74, 6) is -2.20. The van der Waals surface area contributed by atoms with Gasteiger partial charge in [0, 0.05) is 12.5 Å². The number of aryl methyl sites for hydroxylation is 2. The van der Waals surface area contributed by atoms with E-state index in [2.05, 4.69) is 5.32 Å². The Morgan fingerprint density at radius 2 is 1.70 bits per heavy atom. The molecule has 1 aromatic rings. The Kier molecular flexibility index (Phi) is 4.85. The SMILES string of the molecule is Cc1ccc(C)c(C(=O)NC(C)CC(N)=O)c1C(=O)O. The topological polar surface area (TPSA) is 109 Å². The zero-order valence-electron chi connectivity index (χ0n) is 11.7. The van der Waals surface area contributed by atoms with E-state index in [9.17, 15) is 19.5 Å². The van der Waals surface area contributed by atoms with E-state index in [0.29, 0.717) is 11.1 Å². The van der Waals surface area contributed by atoms with Crippen molar-refractivity contribution in [2.24, 2.45) is 5.73 Å². The Labute approximate surface area is 117 Å². The largest absolute Gasteiger partial charge is 0.478 e. The van der Waals surface area contributed by atoms with Crippen molar-refractivity contribution < 1.29 is 19.5 Å². The lowest BCUT2D eigenvalue weighted by molar-refractivity contribution is -0.118. The minimum Gasteiger partial charge on any atom is -0.478 e. The summed E-state index contributed by atoms with van der Waals surface area (Å²) < 4.78 is 0. The molecule has 0 spiro atoms. The predicted octanol–water partition coefficient (Wildman–Crippen LogP) is 0.995. The van der Waals surface area contributed by atoms with Crippen LogP contribution in [0.25, 0.3) is 0 Å². The predicted molar refractivity (Wildman–Crippen MR) is 73.6 cm³/mol. The van der Waals surface area contributed by atoms with Crippen LogP contribution in [0.1, 0.15) is 45.2 Å². The minimum absolute atomic E-state index is 0.000984. The molecule has 0 heterocycles. The van der Waals surface area contributed by atoms with Gasteiger partial charge in [-0.15, -0.1) is 0 Å². The van der Waals surface area contributed by atoms with Crippen LogP contribution < -0.4 is 11.1 Å². The van der Waals surface area contributed by atoms with Gasteiger partial charge in [-0.25, -0.2) is 4.79 Å². The van der Waals surface area contributed by atoms with Gasteiger partial charge in [0.2, 0.25) is 5.91 Å². The molecule has 6 heteroatoms. The molecule has 0 aliphatic carbocycles. The first-order valence-electron chi connectivity index (χ1n) is 6.16. The van der Waals surface area contributed by atoms with Crippen molar-refractivity contribution in [3.05, 3.63) is 34.4 Å². The quantitative estimate of drug-likeness (QED) is 0.746. The van der Waals surface area contributed by atoms with E-state index < -0.39 is 23.8 Å². The van der Waals surface area contributed by atoms with Crippen molar-refractivity contribution in [2.75, 3.05) is 0 Å². The Morgan fingerprint density at radius 3 is 2.15 bits per heavy atom. The number of carbonyl (C=O) groups is 3. The highest BCUT2D eigenvalue weighted by Gasteiger charge is 2.22. The lowest BCUT2D eigenvalue weighted by Gasteiger charge is -2.16. The summed E-state index contributed by atoms with van der Waals surface area (Å²) in [6, 6.07) is 2.89. The zero-order valence-corrected chi connectivity index (χ0v) is 11.7. The number of hydrogen-bond acceptors (Lipinski definition) is 3. The van der Waals surface area contributed by atoms with Gasteiger partial charge in [0.15, 0.2) is 0 Å². The molecule has 4 N–H and O–H groups in total. The summed E-state index contributed by atoms with van der Waals surface area (Å²) in [6.45, 7) is 4.93. The van der Waals surface area contributed by atoms with E-state index in [1.807, 2.05) is 0 Å². The Balaban J connectivity index is 3.12. The number of primary amides is 1. The molecule has 108 valence electrons. The van der Waals surface area contributed by atoms with Crippen molar-refractivity contribution in [1.29, 1.82) is 0 Å². The molecule has 0 saturated heterocycles. The Bertz CT molecular complexity index is 567. The fourth-order valence-electron chi connectivity index (χ4n) is 2.03. The van der Waals surface area contributed by atoms with Gasteiger partial charge in [-0.3, -0.25) is 9.59 Å². The van der Waals surface area contributed by atoms with Gasteiger partial charge in [-0.2, -0.15) is 0 Å². The first-order valence-corrected chi connectivity index (χ1v) is 6.16. The normalized spacial score (nSPS) is 11.8. The fraction of sp³-hybridized carbons (Fsp3) is 0.357. The number of aromatic carboxylic acids is 1. The summed E-state index contributed by atoms with van der Waals surface area (Å²) >= 11 is 0. The third-order valence-corrected chi connectivity index (χ3v) is 2.95. The number of nitrogens with two attached hydrogens (primary N) is 1. The maximum atomic E-state index is 12.2. The number of carboxylic acids is 1. The van der Waals surface area contributed by atoms with Crippen LogP contribution >= 0.6 is 0 Å². The molecule has 0 radical (unpaired) electrons. The molecule has 0 bridgehead atoms. The highest BCUT2D eigenvalue weighted by Crippen LogP contribution is 2.19. The van der Waals surface area contributed by atoms with Crippen LogP contribution in [0.15, 0.2) is 12.1 Å². The summed E-state index contributed by atoms with van der Waals surface area (Å²) in [5.41, 5.74) is 6.23. The second kappa shape index (κ2) is 6.18. The van der Waals surface area contributed by atoms with Crippen molar-refractivity contribution in [3.63, 3.8) is 0 Å². The number of amides is 2. The van der Waals surface area contributed by atoms with Crippen molar-refractivity contribution in [1.82, 2.24) is 5.32 Å². The van der Waals surface area contributed by atoms with E-state index in [1.54, 1.807) is 32.9 Å². The van der Waals surface area contributed by atoms with E-state index in [-0.39, 0.29) is 17.5 Å². The third kappa shape index (κ3) is 3.57. The van der Waals surface area contributed by atoms with E-state index in [4.69, 9.17) is 5.73 Å². The van der Waals surface area contributed by atoms with Crippen LogP contribution in [-0.2, 0) is 4.79 Å². The van der Waals surface area contributed by atoms with Crippen LogP contribution in [0.5, 0.6) is 0 Å². The smallest absolute Gasteiger partial charge is 0.336 e. The monoisotopic (exact) mass is 278 g/mol. The summed E-state index contributed by atoms with van der Waals surface area (Å²) in [5, 5.41) is 11.8. The number of hydrogen-bond donors (Lipinski definition) is 3. The summed E-state index contributed by atoms with van der Waals surface area (Å²) in [7, 11) is 0. The molecule has 0 aromatic heterocycles. The van der Waals surface area contributed by atoms with Gasteiger partial charge >= 0.3 is 5.97 Å². The van der Waals surface area contributed by atoms with Gasteiger partial charge in [-0.05, 0) is 31.9 Å². The van der Waals surface area contributed by atoms with Crippen molar-refractivity contribution in [3.8, 4) is 0 Å². The summed E-state index contributed by atoms with van der Waals surface area (Å²) in [6.07, 6.45) is -0.000984. The maximum absolute atomic E-state index is 12.2. The molecule has 6 nitrogen and oxygen atoms in total. The lowest BCUT2D eigenvalue weighted by Crippen LogP contribution is -2.37. The zero-order chi connectivity index (χ0) is 15.4. The van der Waals surface area contributed by atoms with Gasteiger partial charge in [0.05, 0.1) is 11.1 Å². The number of rotatable bonds is 5. The molecule has 1 rings (SSSR count). The second-order valence-corrected chi connectivity index (χ2v) is 4.80. The van der Waals surface area contributed by atoms with Crippen molar-refractivity contribution >= 4 is 17.8 Å². The number of carbonyl (C=O) groups excluding carboxylic acids is 2. The standard InChI is InChI=1S/C14H18N2O4/c1-7-4-5-8(2)12(14(19)20)11(7)13(18)16-9(3)6-10(15)17/h4-5,9H,6H2,1-3H3,(H2,15,17)(H,16,18)(H,19,20). The molecule has 0 fully saturated rings.